The van der Waals surface area contributed by atoms with Crippen molar-refractivity contribution in [1.29, 1.82) is 0 Å². The fourth-order valence-corrected chi connectivity index (χ4v) is 8.81. The van der Waals surface area contributed by atoms with Crippen LogP contribution in [0.3, 0.4) is 0 Å². The van der Waals surface area contributed by atoms with Gasteiger partial charge in [-0.15, -0.1) is 0 Å². The third-order valence-electron chi connectivity index (χ3n) is 11.5. The van der Waals surface area contributed by atoms with E-state index in [4.69, 9.17) is 15.0 Å². The summed E-state index contributed by atoms with van der Waals surface area (Å²) in [4.78, 5) is 15.6. The van der Waals surface area contributed by atoms with Gasteiger partial charge in [-0.25, -0.2) is 4.98 Å². The zero-order chi connectivity index (χ0) is 38.2. The van der Waals surface area contributed by atoms with E-state index in [1.807, 2.05) is 24.3 Å². The van der Waals surface area contributed by atoms with Gasteiger partial charge in [-0.3, -0.25) is 4.57 Å². The zero-order valence-corrected chi connectivity index (χ0v) is 31.3. The third-order valence-corrected chi connectivity index (χ3v) is 11.5. The minimum Gasteiger partial charge on any atom is -0.309 e. The van der Waals surface area contributed by atoms with Crippen molar-refractivity contribution >= 4 is 65.2 Å². The Kier molecular flexibility index (Phi) is 7.16. The normalized spacial score (nSPS) is 11.8. The van der Waals surface area contributed by atoms with Crippen LogP contribution in [0.4, 0.5) is 0 Å². The molecule has 3 aromatic heterocycles. The van der Waals surface area contributed by atoms with Crippen LogP contribution in [0, 0.1) is 0 Å². The maximum absolute atomic E-state index is 5.27. The Hall–Kier alpha value is -7.89. The second-order valence-corrected chi connectivity index (χ2v) is 14.9. The Morgan fingerprint density at radius 2 is 0.828 bits per heavy atom. The first-order chi connectivity index (χ1) is 28.7. The topological polar surface area (TPSA) is 48.5 Å². The highest BCUT2D eigenvalue weighted by Crippen LogP contribution is 2.39. The third kappa shape index (κ3) is 5.07. The summed E-state index contributed by atoms with van der Waals surface area (Å²) in [7, 11) is 0. The van der Waals surface area contributed by atoms with Crippen molar-refractivity contribution in [3.8, 4) is 45.5 Å². The molecular formula is C53H33N5. The molecule has 58 heavy (non-hydrogen) atoms. The average molecular weight is 740 g/mol. The molecule has 5 heteroatoms. The molecule has 0 radical (unpaired) electrons. The van der Waals surface area contributed by atoms with Crippen molar-refractivity contribution in [1.82, 2.24) is 24.1 Å². The fourth-order valence-electron chi connectivity index (χ4n) is 8.81. The van der Waals surface area contributed by atoms with Gasteiger partial charge in [0.05, 0.1) is 22.1 Å². The van der Waals surface area contributed by atoms with E-state index in [-0.39, 0.29) is 0 Å². The van der Waals surface area contributed by atoms with Crippen LogP contribution in [0.15, 0.2) is 200 Å². The standard InChI is InChI=1S/C53H33N5/c1-3-13-34(14-4-1)35-23-25-37(26-24-35)52-54-51(36-15-5-2-6-16-36)55-53(56-52)58-48-22-12-9-19-43(48)45-29-27-40-31-41(28-30-42(40)50(45)58)57-47-21-11-10-20-44(47)46-32-38-17-7-8-18-39(38)33-49(46)57/h1-33H. The Bertz CT molecular complexity index is 3550. The van der Waals surface area contributed by atoms with E-state index in [1.54, 1.807) is 0 Å². The average Bonchev–Trinajstić information content (AvgIpc) is 3.81. The predicted molar refractivity (Wildman–Crippen MR) is 240 cm³/mol. The SMILES string of the molecule is c1ccc(-c2ccc(-c3nc(-c4ccccc4)nc(-n4c5ccccc5c5ccc6cc(-n7c8ccccc8c8cc9ccccc9cc87)ccc6c54)n3)cc2)cc1. The molecule has 3 heterocycles. The molecule has 0 spiro atoms. The van der Waals surface area contributed by atoms with Crippen molar-refractivity contribution in [3.05, 3.63) is 200 Å². The second-order valence-electron chi connectivity index (χ2n) is 14.9. The van der Waals surface area contributed by atoms with E-state index < -0.39 is 0 Å². The first-order valence-electron chi connectivity index (χ1n) is 19.6. The number of benzene rings is 9. The number of nitrogens with zero attached hydrogens (tertiary/aromatic N) is 5. The largest absolute Gasteiger partial charge is 0.309 e. The second kappa shape index (κ2) is 12.8. The van der Waals surface area contributed by atoms with Crippen LogP contribution < -0.4 is 0 Å². The van der Waals surface area contributed by atoms with E-state index in [9.17, 15) is 0 Å². The van der Waals surface area contributed by atoms with Gasteiger partial charge in [0.1, 0.15) is 0 Å². The van der Waals surface area contributed by atoms with Gasteiger partial charge in [0.15, 0.2) is 11.6 Å². The van der Waals surface area contributed by atoms with Crippen molar-refractivity contribution in [3.63, 3.8) is 0 Å². The van der Waals surface area contributed by atoms with Crippen LogP contribution in [0.1, 0.15) is 0 Å². The minimum atomic E-state index is 0.577. The Balaban J connectivity index is 1.09. The molecule has 0 N–H and O–H groups in total. The summed E-state index contributed by atoms with van der Waals surface area (Å²) >= 11 is 0. The number of rotatable bonds is 5. The molecule has 12 rings (SSSR count). The number of hydrogen-bond donors (Lipinski definition) is 0. The van der Waals surface area contributed by atoms with Crippen molar-refractivity contribution in [2.24, 2.45) is 0 Å². The monoisotopic (exact) mass is 739 g/mol. The van der Waals surface area contributed by atoms with E-state index in [0.29, 0.717) is 17.6 Å². The molecule has 0 saturated heterocycles. The molecule has 0 atom stereocenters. The summed E-state index contributed by atoms with van der Waals surface area (Å²) in [6.45, 7) is 0. The Morgan fingerprint density at radius 1 is 0.293 bits per heavy atom. The van der Waals surface area contributed by atoms with Crippen molar-refractivity contribution in [2.45, 2.75) is 0 Å². The summed E-state index contributed by atoms with van der Waals surface area (Å²) in [5.41, 5.74) is 9.77. The predicted octanol–water partition coefficient (Wildman–Crippen LogP) is 13.4. The van der Waals surface area contributed by atoms with Crippen molar-refractivity contribution < 1.29 is 0 Å². The lowest BCUT2D eigenvalue weighted by molar-refractivity contribution is 0.955. The number of hydrogen-bond acceptors (Lipinski definition) is 3. The minimum absolute atomic E-state index is 0.577. The van der Waals surface area contributed by atoms with Crippen LogP contribution in [0.25, 0.3) is 111 Å². The molecule has 5 nitrogen and oxygen atoms in total. The molecule has 0 saturated carbocycles. The van der Waals surface area contributed by atoms with Gasteiger partial charge < -0.3 is 4.57 Å². The molecule has 270 valence electrons. The van der Waals surface area contributed by atoms with Crippen LogP contribution >= 0.6 is 0 Å². The summed E-state index contributed by atoms with van der Waals surface area (Å²) in [5.74, 6) is 1.82. The lowest BCUT2D eigenvalue weighted by Gasteiger charge is -2.13. The lowest BCUT2D eigenvalue weighted by atomic mass is 10.0. The number of para-hydroxylation sites is 2. The van der Waals surface area contributed by atoms with Gasteiger partial charge in [0.2, 0.25) is 5.95 Å². The van der Waals surface area contributed by atoms with Gasteiger partial charge in [-0.05, 0) is 63.7 Å². The van der Waals surface area contributed by atoms with Crippen LogP contribution in [-0.2, 0) is 0 Å². The fraction of sp³-hybridized carbons (Fsp3) is 0. The van der Waals surface area contributed by atoms with Crippen LogP contribution in [0.5, 0.6) is 0 Å². The molecule has 0 aliphatic rings. The molecule has 0 bridgehead atoms. The molecular weight excluding hydrogens is 707 g/mol. The molecule has 0 fully saturated rings. The Labute approximate surface area is 333 Å². The first kappa shape index (κ1) is 32.4. The van der Waals surface area contributed by atoms with Crippen LogP contribution in [-0.4, -0.2) is 24.1 Å². The summed E-state index contributed by atoms with van der Waals surface area (Å²) in [5, 5.41) is 9.52. The molecule has 0 aliphatic heterocycles. The van der Waals surface area contributed by atoms with Gasteiger partial charge in [-0.2, -0.15) is 9.97 Å². The highest BCUT2D eigenvalue weighted by molar-refractivity contribution is 6.19. The summed E-state index contributed by atoms with van der Waals surface area (Å²) in [6, 6.07) is 71.0. The van der Waals surface area contributed by atoms with E-state index >= 15 is 0 Å². The van der Waals surface area contributed by atoms with Gasteiger partial charge in [-0.1, -0.05) is 164 Å². The lowest BCUT2D eigenvalue weighted by Crippen LogP contribution is -2.06. The van der Waals surface area contributed by atoms with E-state index in [2.05, 4.69) is 185 Å². The highest BCUT2D eigenvalue weighted by Gasteiger charge is 2.21. The quantitative estimate of drug-likeness (QED) is 0.177. The molecule has 12 aromatic rings. The number of aromatic nitrogens is 5. The first-order valence-corrected chi connectivity index (χ1v) is 19.6. The van der Waals surface area contributed by atoms with Gasteiger partial charge in [0.25, 0.3) is 0 Å². The van der Waals surface area contributed by atoms with Gasteiger partial charge >= 0.3 is 0 Å². The maximum Gasteiger partial charge on any atom is 0.238 e. The number of fused-ring (bicyclic) bond motifs is 9. The zero-order valence-electron chi connectivity index (χ0n) is 31.3. The van der Waals surface area contributed by atoms with E-state index in [1.165, 1.54) is 38.1 Å². The molecule has 0 aliphatic carbocycles. The van der Waals surface area contributed by atoms with Crippen molar-refractivity contribution in [2.75, 3.05) is 0 Å². The maximum atomic E-state index is 5.27. The molecule has 0 amide bonds. The van der Waals surface area contributed by atoms with E-state index in [0.717, 1.165) is 55.0 Å². The van der Waals surface area contributed by atoms with Gasteiger partial charge in [0, 0.05) is 43.7 Å². The summed E-state index contributed by atoms with van der Waals surface area (Å²) in [6.07, 6.45) is 0. The highest BCUT2D eigenvalue weighted by atomic mass is 15.2. The molecule has 9 aromatic carbocycles. The Morgan fingerprint density at radius 3 is 1.55 bits per heavy atom. The molecule has 0 unspecified atom stereocenters. The smallest absolute Gasteiger partial charge is 0.238 e. The van der Waals surface area contributed by atoms with Crippen LogP contribution in [0.2, 0.25) is 0 Å². The summed E-state index contributed by atoms with van der Waals surface area (Å²) < 4.78 is 4.64.